The third kappa shape index (κ3) is 7.22. The van der Waals surface area contributed by atoms with Gasteiger partial charge in [0.05, 0.1) is 27.4 Å². The van der Waals surface area contributed by atoms with Gasteiger partial charge in [-0.25, -0.2) is 16.8 Å². The van der Waals surface area contributed by atoms with Crippen LogP contribution in [0.25, 0.3) is 0 Å². The quantitative estimate of drug-likeness (QED) is 0.350. The molecular weight excluding hydrogens is 579 g/mol. The first kappa shape index (κ1) is 30.3. The summed E-state index contributed by atoms with van der Waals surface area (Å²) >= 11 is 5.57. The number of hydrogen-bond acceptors (Lipinski definition) is 5. The maximum Gasteiger partial charge on any atom is 0.417 e. The molecule has 2 N–H and O–H groups in total. The summed E-state index contributed by atoms with van der Waals surface area (Å²) in [5.74, 6) is -0.673. The van der Waals surface area contributed by atoms with Gasteiger partial charge in [-0.2, -0.15) is 13.2 Å². The van der Waals surface area contributed by atoms with Crippen LogP contribution in [0.1, 0.15) is 23.6 Å². The minimum absolute atomic E-state index is 0.171. The predicted molar refractivity (Wildman–Crippen MR) is 145 cm³/mol. The molecule has 3 rings (SSSR count). The lowest BCUT2D eigenvalue weighted by atomic mass is 10.1. The van der Waals surface area contributed by atoms with E-state index in [-0.39, 0.29) is 16.3 Å². The van der Waals surface area contributed by atoms with E-state index in [1.54, 1.807) is 18.2 Å². The van der Waals surface area contributed by atoms with Crippen LogP contribution in [-0.2, 0) is 31.0 Å². The number of rotatable bonds is 8. The maximum atomic E-state index is 13.1. The van der Waals surface area contributed by atoms with Crippen LogP contribution >= 0.6 is 11.6 Å². The second kappa shape index (κ2) is 11.1. The third-order valence-corrected chi connectivity index (χ3v) is 8.76. The Morgan fingerprint density at radius 3 is 2.03 bits per heavy atom. The van der Waals surface area contributed by atoms with Crippen molar-refractivity contribution in [1.82, 2.24) is 0 Å². The van der Waals surface area contributed by atoms with E-state index in [2.05, 4.69) is 10.0 Å². The molecule has 0 saturated carbocycles. The van der Waals surface area contributed by atoms with Gasteiger partial charge in [0, 0.05) is 11.4 Å². The van der Waals surface area contributed by atoms with E-state index in [1.807, 2.05) is 13.8 Å². The summed E-state index contributed by atoms with van der Waals surface area (Å²) in [5.41, 5.74) is 0.737. The van der Waals surface area contributed by atoms with Crippen molar-refractivity contribution in [2.24, 2.45) is 0 Å². The molecule has 0 spiro atoms. The molecule has 0 fully saturated rings. The molecule has 39 heavy (non-hydrogen) atoms. The Hall–Kier alpha value is -3.29. The van der Waals surface area contributed by atoms with Crippen molar-refractivity contribution in [2.45, 2.75) is 37.9 Å². The van der Waals surface area contributed by atoms with Gasteiger partial charge in [-0.3, -0.25) is 13.8 Å². The van der Waals surface area contributed by atoms with E-state index < -0.39 is 48.8 Å². The number of aryl methyl sites for hydroxylation is 2. The number of carbonyl (C=O) groups excluding carboxylic acids is 1. The number of nitrogens with zero attached hydrogens (tertiary/aromatic N) is 1. The van der Waals surface area contributed by atoms with Crippen molar-refractivity contribution in [3.05, 3.63) is 82.4 Å². The first-order valence-corrected chi connectivity index (χ1v) is 15.0. The summed E-state index contributed by atoms with van der Waals surface area (Å²) in [4.78, 5) is 12.7. The van der Waals surface area contributed by atoms with E-state index in [1.165, 1.54) is 19.1 Å². The van der Waals surface area contributed by atoms with E-state index in [0.717, 1.165) is 46.0 Å². The predicted octanol–water partition coefficient (Wildman–Crippen LogP) is 5.57. The Kier molecular flexibility index (Phi) is 8.58. The molecule has 0 heterocycles. The fourth-order valence-electron chi connectivity index (χ4n) is 3.66. The zero-order valence-corrected chi connectivity index (χ0v) is 23.6. The highest BCUT2D eigenvalue weighted by atomic mass is 35.5. The van der Waals surface area contributed by atoms with Crippen LogP contribution in [0, 0.1) is 13.8 Å². The maximum absolute atomic E-state index is 13.1. The number of hydrogen-bond donors (Lipinski definition) is 2. The van der Waals surface area contributed by atoms with Crippen molar-refractivity contribution < 1.29 is 34.8 Å². The summed E-state index contributed by atoms with van der Waals surface area (Å²) in [5, 5.41) is 1.97. The number of anilines is 3. The van der Waals surface area contributed by atoms with Gasteiger partial charge in [-0.05, 0) is 86.5 Å². The normalized spacial score (nSPS) is 13.0. The van der Waals surface area contributed by atoms with Gasteiger partial charge in [0.2, 0.25) is 15.9 Å². The second-order valence-electron chi connectivity index (χ2n) is 8.81. The minimum atomic E-state index is -4.78. The zero-order valence-electron chi connectivity index (χ0n) is 21.2. The van der Waals surface area contributed by atoms with E-state index in [0.29, 0.717) is 11.8 Å². The molecule has 0 aliphatic heterocycles. The Morgan fingerprint density at radius 2 is 1.49 bits per heavy atom. The fourth-order valence-corrected chi connectivity index (χ4v) is 6.10. The number of nitrogens with one attached hydrogen (secondary N) is 2. The monoisotopic (exact) mass is 603 g/mol. The Morgan fingerprint density at radius 1 is 0.897 bits per heavy atom. The molecule has 1 atom stereocenters. The van der Waals surface area contributed by atoms with Gasteiger partial charge < -0.3 is 5.32 Å². The molecule has 3 aromatic rings. The molecule has 0 saturated heterocycles. The average molecular weight is 604 g/mol. The van der Waals surface area contributed by atoms with Crippen molar-refractivity contribution in [2.75, 3.05) is 20.6 Å². The van der Waals surface area contributed by atoms with Crippen LogP contribution in [0.3, 0.4) is 0 Å². The molecule has 0 radical (unpaired) electrons. The smallest absolute Gasteiger partial charge is 0.324 e. The first-order valence-electron chi connectivity index (χ1n) is 11.3. The van der Waals surface area contributed by atoms with Crippen LogP contribution in [0.4, 0.5) is 30.2 Å². The second-order valence-corrected chi connectivity index (χ2v) is 12.8. The molecule has 210 valence electrons. The van der Waals surface area contributed by atoms with Gasteiger partial charge in [0.1, 0.15) is 6.04 Å². The summed E-state index contributed by atoms with van der Waals surface area (Å²) in [6.45, 7) is 5.10. The summed E-state index contributed by atoms with van der Waals surface area (Å²) in [6, 6.07) is 11.3. The molecule has 3 aromatic carbocycles. The van der Waals surface area contributed by atoms with Gasteiger partial charge in [-0.1, -0.05) is 17.7 Å². The molecule has 1 amide bonds. The Labute approximate surface area is 229 Å². The number of sulfonamides is 2. The molecule has 0 aliphatic rings. The van der Waals surface area contributed by atoms with Crippen LogP contribution in [0.15, 0.2) is 65.6 Å². The van der Waals surface area contributed by atoms with Crippen molar-refractivity contribution in [3.63, 3.8) is 0 Å². The lowest BCUT2D eigenvalue weighted by molar-refractivity contribution is -0.137. The molecule has 14 heteroatoms. The number of benzene rings is 3. The number of alkyl halides is 3. The molecule has 8 nitrogen and oxygen atoms in total. The minimum Gasteiger partial charge on any atom is -0.324 e. The lowest BCUT2D eigenvalue weighted by Gasteiger charge is -2.28. The largest absolute Gasteiger partial charge is 0.417 e. The average Bonchev–Trinajstić information content (AvgIpc) is 2.81. The third-order valence-electron chi connectivity index (χ3n) is 5.79. The Balaban J connectivity index is 1.79. The van der Waals surface area contributed by atoms with Gasteiger partial charge >= 0.3 is 6.18 Å². The van der Waals surface area contributed by atoms with Crippen molar-refractivity contribution in [3.8, 4) is 0 Å². The molecule has 0 aromatic heterocycles. The van der Waals surface area contributed by atoms with Crippen LogP contribution in [-0.4, -0.2) is 35.0 Å². The Bertz CT molecular complexity index is 1610. The summed E-state index contributed by atoms with van der Waals surface area (Å²) in [7, 11) is -8.14. The first-order chi connectivity index (χ1) is 17.9. The summed E-state index contributed by atoms with van der Waals surface area (Å²) in [6.07, 6.45) is -3.79. The van der Waals surface area contributed by atoms with Crippen molar-refractivity contribution >= 4 is 54.6 Å². The van der Waals surface area contributed by atoms with Gasteiger partial charge in [0.25, 0.3) is 10.0 Å². The van der Waals surface area contributed by atoms with Gasteiger partial charge in [0.15, 0.2) is 0 Å². The SMILES string of the molecule is Cc1ccc(N([C@H](C)C(=O)Nc2ccc(S(=O)(=O)Nc3ccc(Cl)c(C(F)(F)F)c3)cc2)S(C)(=O)=O)cc1C. The highest BCUT2D eigenvalue weighted by Gasteiger charge is 2.34. The topological polar surface area (TPSA) is 113 Å². The highest BCUT2D eigenvalue weighted by molar-refractivity contribution is 7.92. The van der Waals surface area contributed by atoms with Crippen LogP contribution < -0.4 is 14.3 Å². The van der Waals surface area contributed by atoms with E-state index in [9.17, 15) is 34.8 Å². The summed E-state index contributed by atoms with van der Waals surface area (Å²) < 4.78 is 92.8. The number of halogens is 4. The molecule has 0 aliphatic carbocycles. The van der Waals surface area contributed by atoms with Gasteiger partial charge in [-0.15, -0.1) is 0 Å². The number of carbonyl (C=O) groups is 1. The lowest BCUT2D eigenvalue weighted by Crippen LogP contribution is -2.45. The molecular formula is C25H25ClF3N3O5S2. The molecule has 0 bridgehead atoms. The van der Waals surface area contributed by atoms with Crippen molar-refractivity contribution in [1.29, 1.82) is 0 Å². The standard InChI is InChI=1S/C25H25ClF3N3O5S2/c1-15-5-9-20(13-16(15)2)32(38(4,34)35)17(3)24(33)30-18-6-10-21(11-7-18)39(36,37)31-19-8-12-23(26)22(14-19)25(27,28)29/h5-14,17,31H,1-4H3,(H,30,33)/t17-/m1/s1. The highest BCUT2D eigenvalue weighted by Crippen LogP contribution is 2.36. The fraction of sp³-hybridized carbons (Fsp3) is 0.240. The van der Waals surface area contributed by atoms with Crippen LogP contribution in [0.5, 0.6) is 0 Å². The van der Waals surface area contributed by atoms with E-state index in [4.69, 9.17) is 11.6 Å². The number of amides is 1. The zero-order chi connectivity index (χ0) is 29.3. The van der Waals surface area contributed by atoms with Crippen LogP contribution in [0.2, 0.25) is 5.02 Å². The van der Waals surface area contributed by atoms with E-state index >= 15 is 0 Å². The molecule has 0 unspecified atom stereocenters.